The lowest BCUT2D eigenvalue weighted by molar-refractivity contribution is 0.0843. The molecule has 1 heterocycles. The molecular formula is C18H14BrN3O3. The Morgan fingerprint density at radius 1 is 0.920 bits per heavy atom. The fourth-order valence-electron chi connectivity index (χ4n) is 2.12. The molecule has 0 saturated heterocycles. The lowest BCUT2D eigenvalue weighted by Crippen LogP contribution is -2.41. The van der Waals surface area contributed by atoms with E-state index >= 15 is 0 Å². The highest BCUT2D eigenvalue weighted by Gasteiger charge is 2.14. The molecule has 2 aromatic carbocycles. The van der Waals surface area contributed by atoms with Crippen LogP contribution in [0.25, 0.3) is 0 Å². The molecule has 0 aliphatic heterocycles. The van der Waals surface area contributed by atoms with Crippen molar-refractivity contribution in [2.75, 3.05) is 0 Å². The van der Waals surface area contributed by atoms with Crippen molar-refractivity contribution in [3.63, 3.8) is 0 Å². The maximum absolute atomic E-state index is 12.4. The third kappa shape index (κ3) is 4.27. The number of hydrogen-bond acceptors (Lipinski definition) is 3. The Kier molecular flexibility index (Phi) is 5.15. The summed E-state index contributed by atoms with van der Waals surface area (Å²) in [5, 5.41) is 0. The molecule has 0 bridgehead atoms. The van der Waals surface area contributed by atoms with Crippen molar-refractivity contribution in [2.24, 2.45) is 0 Å². The number of carbonyl (C=O) groups is 2. The molecule has 0 aliphatic rings. The third-order valence-corrected chi connectivity index (χ3v) is 3.78. The summed E-state index contributed by atoms with van der Waals surface area (Å²) in [6, 6.07) is 17.4. The lowest BCUT2D eigenvalue weighted by Gasteiger charge is -2.12. The normalized spacial score (nSPS) is 10.1. The van der Waals surface area contributed by atoms with E-state index < -0.39 is 11.8 Å². The highest BCUT2D eigenvalue weighted by atomic mass is 79.9. The van der Waals surface area contributed by atoms with Gasteiger partial charge in [-0.1, -0.05) is 34.1 Å². The second kappa shape index (κ2) is 7.67. The van der Waals surface area contributed by atoms with Crippen molar-refractivity contribution in [3.05, 3.63) is 82.6 Å². The molecule has 25 heavy (non-hydrogen) atoms. The number of amides is 2. The van der Waals surface area contributed by atoms with E-state index in [1.807, 2.05) is 12.1 Å². The van der Waals surface area contributed by atoms with E-state index in [0.717, 1.165) is 4.47 Å². The Hall–Kier alpha value is -3.06. The van der Waals surface area contributed by atoms with Crippen LogP contribution in [0.2, 0.25) is 0 Å². The van der Waals surface area contributed by atoms with E-state index in [-0.39, 0.29) is 0 Å². The van der Waals surface area contributed by atoms with Crippen LogP contribution in [0.3, 0.4) is 0 Å². The van der Waals surface area contributed by atoms with Crippen molar-refractivity contribution in [3.8, 4) is 11.5 Å². The van der Waals surface area contributed by atoms with E-state index in [2.05, 4.69) is 31.8 Å². The van der Waals surface area contributed by atoms with E-state index in [0.29, 0.717) is 22.8 Å². The summed E-state index contributed by atoms with van der Waals surface area (Å²) in [4.78, 5) is 27.0. The number of halogens is 1. The first kappa shape index (κ1) is 16.8. The van der Waals surface area contributed by atoms with Gasteiger partial charge in [-0.2, -0.15) is 0 Å². The zero-order valence-corrected chi connectivity index (χ0v) is 14.5. The van der Waals surface area contributed by atoms with Gasteiger partial charge in [-0.3, -0.25) is 20.4 Å². The summed E-state index contributed by atoms with van der Waals surface area (Å²) < 4.78 is 6.65. The molecule has 3 rings (SSSR count). The third-order valence-electron chi connectivity index (χ3n) is 3.29. The monoisotopic (exact) mass is 399 g/mol. The minimum atomic E-state index is -0.481. The van der Waals surface area contributed by atoms with Gasteiger partial charge in [0.25, 0.3) is 11.8 Å². The van der Waals surface area contributed by atoms with E-state index in [1.54, 1.807) is 54.7 Å². The average molecular weight is 400 g/mol. The summed E-state index contributed by atoms with van der Waals surface area (Å²) in [6.07, 6.45) is 1.62. The Labute approximate surface area is 152 Å². The van der Waals surface area contributed by atoms with Crippen LogP contribution in [0.15, 0.2) is 71.3 Å². The van der Waals surface area contributed by atoms with Gasteiger partial charge in [0.2, 0.25) is 0 Å². The minimum absolute atomic E-state index is 0.300. The Bertz CT molecular complexity index is 894. The second-order valence-corrected chi connectivity index (χ2v) is 5.96. The van der Waals surface area contributed by atoms with Crippen LogP contribution in [0.4, 0.5) is 0 Å². The Balaban J connectivity index is 1.71. The van der Waals surface area contributed by atoms with Crippen LogP contribution in [0.5, 0.6) is 11.5 Å². The minimum Gasteiger partial charge on any atom is -0.456 e. The van der Waals surface area contributed by atoms with Crippen molar-refractivity contribution >= 4 is 27.7 Å². The Morgan fingerprint density at radius 3 is 2.48 bits per heavy atom. The molecule has 0 spiro atoms. The van der Waals surface area contributed by atoms with Gasteiger partial charge in [-0.25, -0.2) is 0 Å². The van der Waals surface area contributed by atoms with Gasteiger partial charge in [0.15, 0.2) is 0 Å². The number of carbonyl (C=O) groups excluding carboxylic acids is 2. The van der Waals surface area contributed by atoms with E-state index in [9.17, 15) is 9.59 Å². The van der Waals surface area contributed by atoms with Crippen LogP contribution in [-0.4, -0.2) is 16.8 Å². The molecule has 0 saturated carbocycles. The molecule has 1 aromatic heterocycles. The maximum Gasteiger partial charge on any atom is 0.286 e. The summed E-state index contributed by atoms with van der Waals surface area (Å²) in [7, 11) is 0. The van der Waals surface area contributed by atoms with Crippen LogP contribution < -0.4 is 15.6 Å². The number of nitrogens with one attached hydrogen (secondary N) is 3. The number of H-pyrrole nitrogens is 1. The summed E-state index contributed by atoms with van der Waals surface area (Å²) in [6.45, 7) is 0. The molecule has 3 aromatic rings. The van der Waals surface area contributed by atoms with Gasteiger partial charge < -0.3 is 9.72 Å². The van der Waals surface area contributed by atoms with Crippen molar-refractivity contribution in [1.29, 1.82) is 0 Å². The number of rotatable bonds is 4. The first-order chi connectivity index (χ1) is 12.1. The summed E-state index contributed by atoms with van der Waals surface area (Å²) in [5.74, 6) is 0.0477. The topological polar surface area (TPSA) is 83.2 Å². The number of hydrazine groups is 1. The van der Waals surface area contributed by atoms with Gasteiger partial charge in [-0.05, 0) is 42.5 Å². The second-order valence-electron chi connectivity index (χ2n) is 5.05. The van der Waals surface area contributed by atoms with Gasteiger partial charge in [-0.15, -0.1) is 0 Å². The van der Waals surface area contributed by atoms with Crippen LogP contribution in [-0.2, 0) is 0 Å². The Morgan fingerprint density at radius 2 is 1.72 bits per heavy atom. The lowest BCUT2D eigenvalue weighted by atomic mass is 10.2. The number of hydrogen-bond donors (Lipinski definition) is 3. The molecule has 0 unspecified atom stereocenters. The smallest absolute Gasteiger partial charge is 0.286 e. The molecule has 0 atom stereocenters. The predicted octanol–water partition coefficient (Wildman–Crippen LogP) is 3.64. The SMILES string of the molecule is O=C(NNC(=O)c1ccccc1Oc1cccc(Br)c1)c1ccc[nH]1. The molecule has 126 valence electrons. The predicted molar refractivity (Wildman–Crippen MR) is 96.4 cm³/mol. The van der Waals surface area contributed by atoms with Crippen molar-refractivity contribution in [1.82, 2.24) is 15.8 Å². The molecule has 0 fully saturated rings. The van der Waals surface area contributed by atoms with Crippen LogP contribution in [0, 0.1) is 0 Å². The number of para-hydroxylation sites is 1. The van der Waals surface area contributed by atoms with Gasteiger partial charge >= 0.3 is 0 Å². The standard InChI is InChI=1S/C18H14BrN3O3/c19-12-5-3-6-13(11-12)25-16-9-2-1-7-14(16)17(23)21-22-18(24)15-8-4-10-20-15/h1-11,20H,(H,21,23)(H,22,24). The highest BCUT2D eigenvalue weighted by molar-refractivity contribution is 9.10. The molecule has 7 heteroatoms. The number of benzene rings is 2. The molecule has 3 N–H and O–H groups in total. The fourth-order valence-corrected chi connectivity index (χ4v) is 2.50. The van der Waals surface area contributed by atoms with Crippen LogP contribution in [0.1, 0.15) is 20.8 Å². The molecule has 0 radical (unpaired) electrons. The van der Waals surface area contributed by atoms with Crippen LogP contribution >= 0.6 is 15.9 Å². The number of ether oxygens (including phenoxy) is 1. The summed E-state index contributed by atoms with van der Waals surface area (Å²) in [5.41, 5.74) is 5.37. The summed E-state index contributed by atoms with van der Waals surface area (Å²) >= 11 is 3.37. The van der Waals surface area contributed by atoms with Gasteiger partial charge in [0.1, 0.15) is 17.2 Å². The molecule has 2 amide bonds. The first-order valence-electron chi connectivity index (χ1n) is 7.40. The quantitative estimate of drug-likeness (QED) is 0.585. The molecule has 0 aliphatic carbocycles. The van der Waals surface area contributed by atoms with E-state index in [1.165, 1.54) is 0 Å². The maximum atomic E-state index is 12.4. The number of aromatic nitrogens is 1. The van der Waals surface area contributed by atoms with E-state index in [4.69, 9.17) is 4.74 Å². The first-order valence-corrected chi connectivity index (χ1v) is 8.19. The van der Waals surface area contributed by atoms with Gasteiger partial charge in [0, 0.05) is 10.7 Å². The van der Waals surface area contributed by atoms with Crippen molar-refractivity contribution in [2.45, 2.75) is 0 Å². The molecule has 6 nitrogen and oxygen atoms in total. The van der Waals surface area contributed by atoms with Crippen molar-refractivity contribution < 1.29 is 14.3 Å². The number of aromatic amines is 1. The average Bonchev–Trinajstić information content (AvgIpc) is 3.15. The zero-order valence-electron chi connectivity index (χ0n) is 13.0. The fraction of sp³-hybridized carbons (Fsp3) is 0. The zero-order chi connectivity index (χ0) is 17.6. The van der Waals surface area contributed by atoms with Gasteiger partial charge in [0.05, 0.1) is 5.56 Å². The highest BCUT2D eigenvalue weighted by Crippen LogP contribution is 2.27. The molecular weight excluding hydrogens is 386 g/mol. The largest absolute Gasteiger partial charge is 0.456 e.